The number of thiophene rings is 1. The number of ether oxygens (including phenoxy) is 1. The largest absolute Gasteiger partial charge is 0.462 e. The predicted octanol–water partition coefficient (Wildman–Crippen LogP) is 2.20. The second kappa shape index (κ2) is 9.85. The van der Waals surface area contributed by atoms with Gasteiger partial charge in [0.15, 0.2) is 5.16 Å². The fraction of sp³-hybridized carbons (Fsp3) is 0.444. The highest BCUT2D eigenvalue weighted by molar-refractivity contribution is 7.99. The molecule has 10 heteroatoms. The third-order valence-corrected chi connectivity index (χ3v) is 6.02. The van der Waals surface area contributed by atoms with E-state index in [9.17, 15) is 14.4 Å². The van der Waals surface area contributed by atoms with E-state index in [1.165, 1.54) is 11.3 Å². The molecule has 0 bridgehead atoms. The van der Waals surface area contributed by atoms with E-state index in [4.69, 9.17) is 9.84 Å². The first-order valence-electron chi connectivity index (χ1n) is 8.68. The number of aryl methyl sites for hydroxylation is 2. The molecule has 0 fully saturated rings. The van der Waals surface area contributed by atoms with Crippen molar-refractivity contribution in [2.45, 2.75) is 39.3 Å². The standard InChI is InChI=1S/C18H23N3O5S2/c1-5-26-17(25)14-9(2)11(4)28-16(14)20-13(23)8-27-18-19-10(3)12(6-7-22)15(24)21-18/h22H,5-8H2,1-4H3,(H,20,23)(H,19,21,24). The molecule has 0 spiro atoms. The average molecular weight is 426 g/mol. The number of esters is 1. The zero-order valence-corrected chi connectivity index (χ0v) is 17.8. The number of aromatic nitrogens is 2. The number of carbonyl (C=O) groups excluding carboxylic acids is 2. The zero-order chi connectivity index (χ0) is 20.8. The third-order valence-electron chi connectivity index (χ3n) is 4.02. The van der Waals surface area contributed by atoms with Gasteiger partial charge in [0.2, 0.25) is 5.91 Å². The lowest BCUT2D eigenvalue weighted by Crippen LogP contribution is -2.20. The maximum atomic E-state index is 12.3. The maximum Gasteiger partial charge on any atom is 0.341 e. The highest BCUT2D eigenvalue weighted by Gasteiger charge is 2.22. The van der Waals surface area contributed by atoms with E-state index in [1.807, 2.05) is 13.8 Å². The van der Waals surface area contributed by atoms with Crippen LogP contribution in [0.1, 0.15) is 39.0 Å². The van der Waals surface area contributed by atoms with Gasteiger partial charge in [-0.25, -0.2) is 9.78 Å². The lowest BCUT2D eigenvalue weighted by atomic mass is 10.1. The van der Waals surface area contributed by atoms with Crippen molar-refractivity contribution in [2.24, 2.45) is 0 Å². The number of anilines is 1. The van der Waals surface area contributed by atoms with Crippen LogP contribution in [0.4, 0.5) is 5.00 Å². The van der Waals surface area contributed by atoms with Crippen LogP contribution in [-0.2, 0) is 16.0 Å². The van der Waals surface area contributed by atoms with Gasteiger partial charge in [-0.05, 0) is 33.3 Å². The number of thioether (sulfide) groups is 1. The van der Waals surface area contributed by atoms with E-state index in [1.54, 1.807) is 13.8 Å². The van der Waals surface area contributed by atoms with Crippen LogP contribution in [0.15, 0.2) is 9.95 Å². The van der Waals surface area contributed by atoms with Gasteiger partial charge in [-0.3, -0.25) is 9.59 Å². The van der Waals surface area contributed by atoms with Crippen LogP contribution in [0.25, 0.3) is 0 Å². The Morgan fingerprint density at radius 3 is 2.64 bits per heavy atom. The number of rotatable bonds is 8. The number of amides is 1. The molecule has 0 radical (unpaired) electrons. The van der Waals surface area contributed by atoms with Crippen molar-refractivity contribution in [3.05, 3.63) is 37.6 Å². The smallest absolute Gasteiger partial charge is 0.341 e. The zero-order valence-electron chi connectivity index (χ0n) is 16.2. The molecule has 0 atom stereocenters. The summed E-state index contributed by atoms with van der Waals surface area (Å²) in [6.45, 7) is 7.21. The second-order valence-corrected chi connectivity index (χ2v) is 8.14. The Morgan fingerprint density at radius 2 is 2.04 bits per heavy atom. The van der Waals surface area contributed by atoms with Crippen LogP contribution in [0.3, 0.4) is 0 Å². The van der Waals surface area contributed by atoms with Crippen LogP contribution in [0.2, 0.25) is 0 Å². The first-order valence-corrected chi connectivity index (χ1v) is 10.5. The monoisotopic (exact) mass is 425 g/mol. The maximum absolute atomic E-state index is 12.3. The van der Waals surface area contributed by atoms with Gasteiger partial charge in [-0.2, -0.15) is 0 Å². The van der Waals surface area contributed by atoms with E-state index in [2.05, 4.69) is 15.3 Å². The van der Waals surface area contributed by atoms with Gasteiger partial charge in [-0.1, -0.05) is 11.8 Å². The van der Waals surface area contributed by atoms with Gasteiger partial charge in [0, 0.05) is 29.2 Å². The van der Waals surface area contributed by atoms with Crippen LogP contribution in [0.5, 0.6) is 0 Å². The van der Waals surface area contributed by atoms with Crippen LogP contribution in [0, 0.1) is 20.8 Å². The fourth-order valence-corrected chi connectivity index (χ4v) is 4.29. The minimum Gasteiger partial charge on any atom is -0.462 e. The summed E-state index contributed by atoms with van der Waals surface area (Å²) in [6, 6.07) is 0. The number of aromatic amines is 1. The van der Waals surface area contributed by atoms with Gasteiger partial charge in [0.05, 0.1) is 17.9 Å². The van der Waals surface area contributed by atoms with E-state index < -0.39 is 5.97 Å². The van der Waals surface area contributed by atoms with Gasteiger partial charge in [0.1, 0.15) is 5.00 Å². The molecule has 1 amide bonds. The van der Waals surface area contributed by atoms with Crippen LogP contribution in [-0.4, -0.2) is 45.9 Å². The molecule has 0 aliphatic carbocycles. The number of aliphatic hydroxyl groups is 1. The summed E-state index contributed by atoms with van der Waals surface area (Å²) in [5, 5.41) is 12.5. The van der Waals surface area contributed by atoms with E-state index in [0.29, 0.717) is 27.0 Å². The highest BCUT2D eigenvalue weighted by atomic mass is 32.2. The normalized spacial score (nSPS) is 10.8. The quantitative estimate of drug-likeness (QED) is 0.337. The van der Waals surface area contributed by atoms with E-state index in [-0.39, 0.29) is 36.9 Å². The van der Waals surface area contributed by atoms with E-state index in [0.717, 1.165) is 22.2 Å². The molecule has 28 heavy (non-hydrogen) atoms. The van der Waals surface area contributed by atoms with Gasteiger partial charge in [-0.15, -0.1) is 11.3 Å². The molecule has 2 aromatic heterocycles. The number of H-pyrrole nitrogens is 1. The molecule has 8 nitrogen and oxygen atoms in total. The Hall–Kier alpha value is -2.17. The lowest BCUT2D eigenvalue weighted by Gasteiger charge is -2.08. The van der Waals surface area contributed by atoms with Crippen LogP contribution < -0.4 is 10.9 Å². The predicted molar refractivity (Wildman–Crippen MR) is 109 cm³/mol. The van der Waals surface area contributed by atoms with Crippen molar-refractivity contribution in [1.29, 1.82) is 0 Å². The summed E-state index contributed by atoms with van der Waals surface area (Å²) in [4.78, 5) is 44.4. The first-order chi connectivity index (χ1) is 13.3. The summed E-state index contributed by atoms with van der Waals surface area (Å²) in [5.41, 5.74) is 1.79. The molecule has 0 unspecified atom stereocenters. The SMILES string of the molecule is CCOC(=O)c1c(NC(=O)CSc2nc(C)c(CCO)c(=O)[nH]2)sc(C)c1C. The number of aliphatic hydroxyl groups excluding tert-OH is 1. The van der Waals surface area contributed by atoms with Gasteiger partial charge in [0.25, 0.3) is 5.56 Å². The summed E-state index contributed by atoms with van der Waals surface area (Å²) in [6.07, 6.45) is 0.229. The number of hydrogen-bond acceptors (Lipinski definition) is 8. The Morgan fingerprint density at radius 1 is 1.32 bits per heavy atom. The average Bonchev–Trinajstić information content (AvgIpc) is 2.90. The summed E-state index contributed by atoms with van der Waals surface area (Å²) in [7, 11) is 0. The molecular formula is C18H23N3O5S2. The van der Waals surface area contributed by atoms with Crippen LogP contribution >= 0.6 is 23.1 Å². The molecule has 0 aliphatic heterocycles. The highest BCUT2D eigenvalue weighted by Crippen LogP contribution is 2.33. The third kappa shape index (κ3) is 5.21. The van der Waals surface area contributed by atoms with Crippen molar-refractivity contribution in [3.63, 3.8) is 0 Å². The second-order valence-electron chi connectivity index (χ2n) is 5.95. The Bertz CT molecular complexity index is 936. The minimum absolute atomic E-state index is 0.0139. The molecule has 2 rings (SSSR count). The molecule has 3 N–H and O–H groups in total. The van der Waals surface area contributed by atoms with Crippen molar-refractivity contribution in [2.75, 3.05) is 24.3 Å². The number of hydrogen-bond donors (Lipinski definition) is 3. The van der Waals surface area contributed by atoms with Gasteiger partial charge < -0.3 is 20.1 Å². The van der Waals surface area contributed by atoms with Crippen molar-refractivity contribution >= 4 is 40.0 Å². The number of carbonyl (C=O) groups is 2. The van der Waals surface area contributed by atoms with Crippen molar-refractivity contribution < 1.29 is 19.4 Å². The summed E-state index contributed by atoms with van der Waals surface area (Å²) in [5.74, 6) is -0.773. The van der Waals surface area contributed by atoms with Crippen molar-refractivity contribution in [3.8, 4) is 0 Å². The molecule has 0 aromatic carbocycles. The molecule has 2 heterocycles. The first kappa shape index (κ1) is 22.1. The lowest BCUT2D eigenvalue weighted by molar-refractivity contribution is -0.113. The molecule has 2 aromatic rings. The molecule has 152 valence electrons. The molecule has 0 saturated carbocycles. The molecule has 0 saturated heterocycles. The minimum atomic E-state index is -0.464. The Labute approximate surface area is 170 Å². The van der Waals surface area contributed by atoms with E-state index >= 15 is 0 Å². The molecular weight excluding hydrogens is 402 g/mol. The summed E-state index contributed by atoms with van der Waals surface area (Å²) >= 11 is 2.40. The fourth-order valence-electron chi connectivity index (χ4n) is 2.52. The van der Waals surface area contributed by atoms with Gasteiger partial charge >= 0.3 is 5.97 Å². The Kier molecular flexibility index (Phi) is 7.78. The molecule has 0 aliphatic rings. The summed E-state index contributed by atoms with van der Waals surface area (Å²) < 4.78 is 5.07. The topological polar surface area (TPSA) is 121 Å². The number of nitrogens with zero attached hydrogens (tertiary/aromatic N) is 1. The van der Waals surface area contributed by atoms with Crippen molar-refractivity contribution in [1.82, 2.24) is 9.97 Å². The number of nitrogens with one attached hydrogen (secondary N) is 2. The Balaban J connectivity index is 2.09.